The molecule has 0 spiro atoms. The topological polar surface area (TPSA) is 61.4 Å². The fourth-order valence-corrected chi connectivity index (χ4v) is 2.84. The Morgan fingerprint density at radius 3 is 2.57 bits per heavy atom. The van der Waals surface area contributed by atoms with Crippen molar-refractivity contribution in [3.8, 4) is 0 Å². The first-order valence-electron chi connectivity index (χ1n) is 7.84. The highest BCUT2D eigenvalue weighted by molar-refractivity contribution is 5.89. The van der Waals surface area contributed by atoms with Gasteiger partial charge in [0.1, 0.15) is 5.82 Å². The van der Waals surface area contributed by atoms with Crippen LogP contribution in [-0.4, -0.2) is 47.1 Å². The van der Waals surface area contributed by atoms with Gasteiger partial charge in [-0.2, -0.15) is 0 Å². The summed E-state index contributed by atoms with van der Waals surface area (Å²) in [5.74, 6) is 1.01. The van der Waals surface area contributed by atoms with Crippen LogP contribution in [0.25, 0.3) is 0 Å². The van der Waals surface area contributed by atoms with Crippen LogP contribution in [-0.2, 0) is 0 Å². The maximum atomic E-state index is 12.3. The number of urea groups is 1. The van der Waals surface area contributed by atoms with Gasteiger partial charge in [-0.1, -0.05) is 6.07 Å². The van der Waals surface area contributed by atoms with Crippen molar-refractivity contribution in [3.63, 3.8) is 0 Å². The van der Waals surface area contributed by atoms with E-state index in [-0.39, 0.29) is 12.1 Å². The van der Waals surface area contributed by atoms with Crippen molar-refractivity contribution in [3.05, 3.63) is 48.9 Å². The average molecular weight is 311 g/mol. The zero-order valence-electron chi connectivity index (χ0n) is 13.2. The molecule has 3 heterocycles. The van der Waals surface area contributed by atoms with Crippen LogP contribution in [0, 0.1) is 0 Å². The molecule has 0 bridgehead atoms. The Bertz CT molecular complexity index is 626. The van der Waals surface area contributed by atoms with Crippen molar-refractivity contribution in [1.29, 1.82) is 0 Å². The minimum Gasteiger partial charge on any atom is -0.356 e. The van der Waals surface area contributed by atoms with Gasteiger partial charge < -0.3 is 15.1 Å². The standard InChI is InChI=1S/C17H21N5O/c1-21(17(23)20-14-5-10-18-11-6-14)15-7-12-22(13-8-15)16-4-2-3-9-19-16/h2-6,9-11,15H,7-8,12-13H2,1H3,(H,18,20,23). The molecule has 0 unspecified atom stereocenters. The number of nitrogens with zero attached hydrogens (tertiary/aromatic N) is 4. The van der Waals surface area contributed by atoms with E-state index in [1.54, 1.807) is 29.4 Å². The van der Waals surface area contributed by atoms with Crippen LogP contribution in [0.15, 0.2) is 48.9 Å². The molecule has 6 nitrogen and oxygen atoms in total. The fourth-order valence-electron chi connectivity index (χ4n) is 2.84. The van der Waals surface area contributed by atoms with E-state index >= 15 is 0 Å². The number of anilines is 2. The number of hydrogen-bond acceptors (Lipinski definition) is 4. The lowest BCUT2D eigenvalue weighted by molar-refractivity contribution is 0.193. The van der Waals surface area contributed by atoms with Crippen LogP contribution in [0.2, 0.25) is 0 Å². The first kappa shape index (κ1) is 15.3. The first-order chi connectivity index (χ1) is 11.2. The highest BCUT2D eigenvalue weighted by Crippen LogP contribution is 2.20. The summed E-state index contributed by atoms with van der Waals surface area (Å²) in [6, 6.07) is 9.70. The summed E-state index contributed by atoms with van der Waals surface area (Å²) in [4.78, 5) is 24.7. The van der Waals surface area contributed by atoms with E-state index in [1.807, 2.05) is 31.4 Å². The van der Waals surface area contributed by atoms with E-state index in [1.165, 1.54) is 0 Å². The average Bonchev–Trinajstić information content (AvgIpc) is 2.63. The van der Waals surface area contributed by atoms with Gasteiger partial charge in [0.05, 0.1) is 0 Å². The Kier molecular flexibility index (Phi) is 4.71. The predicted octanol–water partition coefficient (Wildman–Crippen LogP) is 2.61. The van der Waals surface area contributed by atoms with Gasteiger partial charge in [-0.05, 0) is 37.1 Å². The lowest BCUT2D eigenvalue weighted by Gasteiger charge is -2.37. The zero-order valence-corrected chi connectivity index (χ0v) is 13.2. The van der Waals surface area contributed by atoms with Crippen molar-refractivity contribution < 1.29 is 4.79 Å². The molecule has 0 aliphatic carbocycles. The second-order valence-corrected chi connectivity index (χ2v) is 5.68. The summed E-state index contributed by atoms with van der Waals surface area (Å²) in [5, 5.41) is 2.90. The molecule has 1 aliphatic rings. The van der Waals surface area contributed by atoms with Gasteiger partial charge in [0.25, 0.3) is 0 Å². The number of rotatable bonds is 3. The van der Waals surface area contributed by atoms with E-state index in [2.05, 4.69) is 20.2 Å². The molecule has 6 heteroatoms. The van der Waals surface area contributed by atoms with Crippen LogP contribution in [0.1, 0.15) is 12.8 Å². The molecule has 1 N–H and O–H groups in total. The number of amides is 2. The van der Waals surface area contributed by atoms with Crippen molar-refractivity contribution in [2.45, 2.75) is 18.9 Å². The van der Waals surface area contributed by atoms with E-state index < -0.39 is 0 Å². The smallest absolute Gasteiger partial charge is 0.321 e. The number of carbonyl (C=O) groups excluding carboxylic acids is 1. The predicted molar refractivity (Wildman–Crippen MR) is 90.5 cm³/mol. The van der Waals surface area contributed by atoms with Gasteiger partial charge in [0, 0.05) is 50.5 Å². The molecule has 3 rings (SSSR count). The van der Waals surface area contributed by atoms with E-state index in [4.69, 9.17) is 0 Å². The maximum absolute atomic E-state index is 12.3. The summed E-state index contributed by atoms with van der Waals surface area (Å²) in [7, 11) is 1.86. The monoisotopic (exact) mass is 311 g/mol. The summed E-state index contributed by atoms with van der Waals surface area (Å²) in [6.07, 6.45) is 7.03. The minimum absolute atomic E-state index is 0.0764. The van der Waals surface area contributed by atoms with Gasteiger partial charge in [0.15, 0.2) is 0 Å². The van der Waals surface area contributed by atoms with Crippen LogP contribution < -0.4 is 10.2 Å². The number of hydrogen-bond donors (Lipinski definition) is 1. The molecule has 1 saturated heterocycles. The molecular weight excluding hydrogens is 290 g/mol. The highest BCUT2D eigenvalue weighted by Gasteiger charge is 2.25. The quantitative estimate of drug-likeness (QED) is 0.946. The largest absolute Gasteiger partial charge is 0.356 e. The maximum Gasteiger partial charge on any atom is 0.321 e. The van der Waals surface area contributed by atoms with E-state index in [0.717, 1.165) is 37.4 Å². The third-order valence-corrected chi connectivity index (χ3v) is 4.24. The molecule has 1 aliphatic heterocycles. The summed E-state index contributed by atoms with van der Waals surface area (Å²) >= 11 is 0. The normalized spacial score (nSPS) is 15.3. The van der Waals surface area contributed by atoms with E-state index in [9.17, 15) is 4.79 Å². The van der Waals surface area contributed by atoms with Crippen molar-refractivity contribution in [1.82, 2.24) is 14.9 Å². The molecule has 0 aromatic carbocycles. The summed E-state index contributed by atoms with van der Waals surface area (Å²) in [6.45, 7) is 1.82. The summed E-state index contributed by atoms with van der Waals surface area (Å²) in [5.41, 5.74) is 0.766. The number of carbonyl (C=O) groups is 1. The molecular formula is C17H21N5O. The number of aromatic nitrogens is 2. The lowest BCUT2D eigenvalue weighted by Crippen LogP contribution is -2.47. The number of piperidine rings is 1. The molecule has 2 aromatic rings. The Morgan fingerprint density at radius 2 is 1.91 bits per heavy atom. The third-order valence-electron chi connectivity index (χ3n) is 4.24. The van der Waals surface area contributed by atoms with E-state index in [0.29, 0.717) is 0 Å². The Morgan fingerprint density at radius 1 is 1.17 bits per heavy atom. The van der Waals surface area contributed by atoms with Crippen molar-refractivity contribution >= 4 is 17.5 Å². The molecule has 2 aromatic heterocycles. The van der Waals surface area contributed by atoms with Crippen LogP contribution in [0.4, 0.5) is 16.3 Å². The summed E-state index contributed by atoms with van der Waals surface area (Å²) < 4.78 is 0. The molecule has 120 valence electrons. The van der Waals surface area contributed by atoms with Gasteiger partial charge in [-0.15, -0.1) is 0 Å². The number of pyridine rings is 2. The Hall–Kier alpha value is -2.63. The molecule has 0 radical (unpaired) electrons. The van der Waals surface area contributed by atoms with Crippen LogP contribution in [0.5, 0.6) is 0 Å². The SMILES string of the molecule is CN(C(=O)Nc1ccncc1)C1CCN(c2ccccn2)CC1. The zero-order chi connectivity index (χ0) is 16.1. The number of nitrogens with one attached hydrogen (secondary N) is 1. The van der Waals surface area contributed by atoms with Gasteiger partial charge >= 0.3 is 6.03 Å². The lowest BCUT2D eigenvalue weighted by atomic mass is 10.0. The van der Waals surface area contributed by atoms with Gasteiger partial charge in [-0.25, -0.2) is 9.78 Å². The fraction of sp³-hybridized carbons (Fsp3) is 0.353. The van der Waals surface area contributed by atoms with Crippen molar-refractivity contribution in [2.24, 2.45) is 0 Å². The third kappa shape index (κ3) is 3.77. The first-order valence-corrected chi connectivity index (χ1v) is 7.84. The second kappa shape index (κ2) is 7.09. The second-order valence-electron chi connectivity index (χ2n) is 5.68. The minimum atomic E-state index is -0.0764. The highest BCUT2D eigenvalue weighted by atomic mass is 16.2. The molecule has 0 saturated carbocycles. The molecule has 1 fully saturated rings. The molecule has 2 amide bonds. The van der Waals surface area contributed by atoms with Crippen LogP contribution >= 0.6 is 0 Å². The Labute approximate surface area is 136 Å². The van der Waals surface area contributed by atoms with Gasteiger partial charge in [0.2, 0.25) is 0 Å². The molecule has 23 heavy (non-hydrogen) atoms. The van der Waals surface area contributed by atoms with Crippen molar-refractivity contribution in [2.75, 3.05) is 30.4 Å². The molecule has 0 atom stereocenters. The van der Waals surface area contributed by atoms with Crippen LogP contribution in [0.3, 0.4) is 0 Å². The Balaban J connectivity index is 1.53. The van der Waals surface area contributed by atoms with Gasteiger partial charge in [-0.3, -0.25) is 4.98 Å².